The van der Waals surface area contributed by atoms with Crippen molar-refractivity contribution in [1.82, 2.24) is 0 Å². The molecule has 0 bridgehead atoms. The number of carbonyl (C=O) groups is 1. The summed E-state index contributed by atoms with van der Waals surface area (Å²) in [5, 5.41) is 8.10. The molecular weight excluding hydrogens is 261 g/mol. The van der Waals surface area contributed by atoms with Gasteiger partial charge in [-0.05, 0) is 28.1 Å². The molecule has 0 fully saturated rings. The lowest BCUT2D eigenvalue weighted by molar-refractivity contribution is -0.211. The molecule has 1 unspecified atom stereocenters. The van der Waals surface area contributed by atoms with Gasteiger partial charge in [0.25, 0.3) is 0 Å². The summed E-state index contributed by atoms with van der Waals surface area (Å²) in [5.41, 5.74) is 0. The molecule has 0 aromatic heterocycles. The molecule has 0 spiro atoms. The van der Waals surface area contributed by atoms with Crippen molar-refractivity contribution >= 4 is 21.9 Å². The Morgan fingerprint density at radius 2 is 2.00 bits per heavy atom. The molecule has 0 aliphatic carbocycles. The van der Waals surface area contributed by atoms with Crippen LogP contribution < -0.4 is 4.74 Å². The third-order valence-electron chi connectivity index (χ3n) is 1.32. The molecule has 0 aliphatic rings. The monoisotopic (exact) mass is 265 g/mol. The minimum Gasteiger partial charge on any atom is -0.474 e. The maximum absolute atomic E-state index is 12.6. The number of hydrogen-bond donors (Lipinski definition) is 1. The Labute approximate surface area is 86.4 Å². The molecule has 1 aromatic rings. The highest BCUT2D eigenvalue weighted by atomic mass is 79.9. The van der Waals surface area contributed by atoms with Crippen LogP contribution >= 0.6 is 15.9 Å². The van der Waals surface area contributed by atoms with Crippen LogP contribution in [-0.4, -0.2) is 17.2 Å². The third-order valence-corrected chi connectivity index (χ3v) is 1.98. The van der Waals surface area contributed by atoms with Crippen molar-refractivity contribution in [2.45, 2.75) is 6.11 Å². The lowest BCUT2D eigenvalue weighted by Crippen LogP contribution is -2.34. The molecule has 1 rings (SSSR count). The summed E-state index contributed by atoms with van der Waals surface area (Å²) in [6.07, 6.45) is -4.22. The summed E-state index contributed by atoms with van der Waals surface area (Å²) >= 11 is 2.95. The standard InChI is InChI=1S/C8H5BrF2O3/c9-5-3-1-2-4-6(5)14-8(10,11)7(12)13/h1-4H,(H,12,13)/i10-1. The molecule has 1 atom stereocenters. The number of benzene rings is 1. The van der Waals surface area contributed by atoms with Crippen LogP contribution in [0.15, 0.2) is 28.7 Å². The van der Waals surface area contributed by atoms with Crippen LogP contribution in [0, 0.1) is 0 Å². The summed E-state index contributed by atoms with van der Waals surface area (Å²) in [5.74, 6) is -2.55. The van der Waals surface area contributed by atoms with Gasteiger partial charge in [-0.15, -0.1) is 0 Å². The van der Waals surface area contributed by atoms with E-state index in [0.717, 1.165) is 0 Å². The van der Waals surface area contributed by atoms with Crippen LogP contribution in [0.3, 0.4) is 0 Å². The number of para-hydroxylation sites is 1. The summed E-state index contributed by atoms with van der Waals surface area (Å²) in [6, 6.07) is 5.75. The maximum Gasteiger partial charge on any atom is 0.501 e. The number of hydrogen-bond acceptors (Lipinski definition) is 2. The normalized spacial score (nSPS) is 14.5. The first-order chi connectivity index (χ1) is 6.43. The Kier molecular flexibility index (Phi) is 3.05. The molecule has 6 heteroatoms. The van der Waals surface area contributed by atoms with E-state index in [1.807, 2.05) is 0 Å². The van der Waals surface area contributed by atoms with Gasteiger partial charge in [0.2, 0.25) is 0 Å². The van der Waals surface area contributed by atoms with Crippen molar-refractivity contribution in [3.63, 3.8) is 0 Å². The summed E-state index contributed by atoms with van der Waals surface area (Å²) in [6.45, 7) is 0. The van der Waals surface area contributed by atoms with E-state index in [0.29, 0.717) is 0 Å². The Morgan fingerprint density at radius 3 is 2.50 bits per heavy atom. The van der Waals surface area contributed by atoms with Gasteiger partial charge in [-0.1, -0.05) is 12.1 Å². The maximum atomic E-state index is 12.6. The van der Waals surface area contributed by atoms with Gasteiger partial charge in [-0.2, -0.15) is 8.78 Å². The Morgan fingerprint density at radius 1 is 1.43 bits per heavy atom. The zero-order valence-electron chi connectivity index (χ0n) is 6.71. The van der Waals surface area contributed by atoms with Crippen LogP contribution in [-0.2, 0) is 4.79 Å². The molecule has 76 valence electrons. The first-order valence-corrected chi connectivity index (χ1v) is 4.27. The first-order valence-electron chi connectivity index (χ1n) is 3.48. The fraction of sp³-hybridized carbons (Fsp3) is 0.125. The van der Waals surface area contributed by atoms with Gasteiger partial charge in [-0.3, -0.25) is 0 Å². The largest absolute Gasteiger partial charge is 0.501 e. The van der Waals surface area contributed by atoms with Gasteiger partial charge in [0.05, 0.1) is 4.47 Å². The van der Waals surface area contributed by atoms with E-state index in [2.05, 4.69) is 20.7 Å². The molecule has 0 heterocycles. The van der Waals surface area contributed by atoms with Crippen molar-refractivity contribution in [1.29, 1.82) is 0 Å². The highest BCUT2D eigenvalue weighted by Gasteiger charge is 2.42. The van der Waals surface area contributed by atoms with Gasteiger partial charge in [-0.25, -0.2) is 4.79 Å². The van der Waals surface area contributed by atoms with E-state index >= 15 is 0 Å². The Balaban J connectivity index is 2.89. The van der Waals surface area contributed by atoms with Crippen molar-refractivity contribution in [3.05, 3.63) is 28.7 Å². The molecule has 0 radical (unpaired) electrons. The van der Waals surface area contributed by atoms with Crippen LogP contribution in [0.2, 0.25) is 0 Å². The van der Waals surface area contributed by atoms with Gasteiger partial charge >= 0.3 is 12.1 Å². The average Bonchev–Trinajstić information content (AvgIpc) is 2.08. The van der Waals surface area contributed by atoms with Crippen LogP contribution in [0.25, 0.3) is 0 Å². The summed E-state index contributed by atoms with van der Waals surface area (Å²) in [4.78, 5) is 10.0. The molecule has 14 heavy (non-hydrogen) atoms. The molecule has 1 N–H and O–H groups in total. The quantitative estimate of drug-likeness (QED) is 0.914. The van der Waals surface area contributed by atoms with Crippen molar-refractivity contribution in [2.75, 3.05) is 0 Å². The molecule has 3 nitrogen and oxygen atoms in total. The number of carboxylic acid groups (broad SMARTS) is 1. The lowest BCUT2D eigenvalue weighted by Gasteiger charge is -2.13. The second-order valence-electron chi connectivity index (χ2n) is 2.35. The van der Waals surface area contributed by atoms with E-state index in [1.165, 1.54) is 18.2 Å². The SMILES string of the molecule is O=C(O)C(F)([18F])Oc1ccccc1Br. The predicted molar refractivity (Wildman–Crippen MR) is 47.4 cm³/mol. The van der Waals surface area contributed by atoms with E-state index in [9.17, 15) is 13.6 Å². The molecule has 0 saturated heterocycles. The fourth-order valence-electron chi connectivity index (χ4n) is 0.709. The third kappa shape index (κ3) is 2.41. The highest BCUT2D eigenvalue weighted by Crippen LogP contribution is 2.29. The van der Waals surface area contributed by atoms with E-state index in [-0.39, 0.29) is 10.2 Å². The second-order valence-corrected chi connectivity index (χ2v) is 3.21. The highest BCUT2D eigenvalue weighted by molar-refractivity contribution is 9.10. The second kappa shape index (κ2) is 3.91. The number of halogens is 3. The minimum absolute atomic E-state index is 0.222. The van der Waals surface area contributed by atoms with Crippen LogP contribution in [0.1, 0.15) is 0 Å². The number of alkyl halides is 2. The van der Waals surface area contributed by atoms with E-state index in [4.69, 9.17) is 5.11 Å². The van der Waals surface area contributed by atoms with Gasteiger partial charge in [0.1, 0.15) is 5.75 Å². The van der Waals surface area contributed by atoms with Gasteiger partial charge in [0, 0.05) is 0 Å². The summed E-state index contributed by atoms with van der Waals surface area (Å²) < 4.78 is 29.4. The molecular formula is C8H5BrF2O3. The zero-order chi connectivity index (χ0) is 10.8. The Hall–Kier alpha value is -1.17. The van der Waals surface area contributed by atoms with Crippen LogP contribution in [0.5, 0.6) is 5.75 Å². The number of rotatable bonds is 3. The van der Waals surface area contributed by atoms with Crippen molar-refractivity contribution in [2.24, 2.45) is 0 Å². The van der Waals surface area contributed by atoms with E-state index in [1.54, 1.807) is 6.07 Å². The number of aliphatic carboxylic acids is 1. The topological polar surface area (TPSA) is 46.5 Å². The minimum atomic E-state index is -4.22. The Bertz CT molecular complexity index is 354. The molecule has 0 amide bonds. The molecule has 0 aliphatic heterocycles. The lowest BCUT2D eigenvalue weighted by atomic mass is 10.3. The molecule has 0 saturated carbocycles. The van der Waals surface area contributed by atoms with Crippen LogP contribution in [0.4, 0.5) is 8.78 Å². The van der Waals surface area contributed by atoms with E-state index < -0.39 is 12.1 Å². The average molecular weight is 266 g/mol. The summed E-state index contributed by atoms with van der Waals surface area (Å²) in [7, 11) is 0. The zero-order valence-corrected chi connectivity index (χ0v) is 8.29. The predicted octanol–water partition coefficient (Wildman–Crippen LogP) is 2.51. The van der Waals surface area contributed by atoms with Gasteiger partial charge < -0.3 is 9.84 Å². The number of ether oxygens (including phenoxy) is 1. The van der Waals surface area contributed by atoms with Gasteiger partial charge in [0.15, 0.2) is 0 Å². The van der Waals surface area contributed by atoms with Crippen molar-refractivity contribution in [3.8, 4) is 5.75 Å². The molecule has 1 aromatic carbocycles. The van der Waals surface area contributed by atoms with Crippen molar-refractivity contribution < 1.29 is 23.4 Å². The number of carboxylic acids is 1. The first kappa shape index (κ1) is 10.9. The fourth-order valence-corrected chi connectivity index (χ4v) is 1.07. The smallest absolute Gasteiger partial charge is 0.474 e.